The first kappa shape index (κ1) is 21.1. The highest BCUT2D eigenvalue weighted by atomic mass is 35.5. The Labute approximate surface area is 155 Å². The normalized spacial score (nSPS) is 12.1. The van der Waals surface area contributed by atoms with Crippen LogP contribution in [0, 0.1) is 0 Å². The van der Waals surface area contributed by atoms with Crippen molar-refractivity contribution in [1.29, 1.82) is 0 Å². The third-order valence-corrected chi connectivity index (χ3v) is 3.17. The van der Waals surface area contributed by atoms with Crippen LogP contribution in [0.5, 0.6) is 5.75 Å². The first-order valence-corrected chi connectivity index (χ1v) is 8.14. The second-order valence-electron chi connectivity index (χ2n) is 6.19. The number of carbonyl (C=O) groups excluding carboxylic acids is 3. The molecule has 0 saturated heterocycles. The summed E-state index contributed by atoms with van der Waals surface area (Å²) in [6, 6.07) is 3.85. The quantitative estimate of drug-likeness (QED) is 0.753. The van der Waals surface area contributed by atoms with E-state index in [0.717, 1.165) is 0 Å². The van der Waals surface area contributed by atoms with Crippen molar-refractivity contribution < 1.29 is 23.9 Å². The minimum atomic E-state index is -1.16. The summed E-state index contributed by atoms with van der Waals surface area (Å²) in [5.41, 5.74) is -0.504. The Morgan fingerprint density at radius 3 is 2.40 bits per heavy atom. The summed E-state index contributed by atoms with van der Waals surface area (Å²) in [7, 11) is 0. The molecule has 0 aromatic heterocycles. The fraction of sp³-hybridized carbons (Fsp3) is 0.438. The molecular formula is C16H20Cl2N2O5. The fourth-order valence-electron chi connectivity index (χ4n) is 1.60. The lowest BCUT2D eigenvalue weighted by Gasteiger charge is -2.21. The zero-order valence-corrected chi connectivity index (χ0v) is 15.8. The van der Waals surface area contributed by atoms with Gasteiger partial charge in [0, 0.05) is 10.6 Å². The van der Waals surface area contributed by atoms with Crippen molar-refractivity contribution in [3.05, 3.63) is 28.2 Å². The van der Waals surface area contributed by atoms with E-state index in [1.165, 1.54) is 19.1 Å². The largest absolute Gasteiger partial charge is 0.480 e. The Bertz CT molecular complexity index is 658. The van der Waals surface area contributed by atoms with Crippen molar-refractivity contribution in [3.8, 4) is 5.75 Å². The first-order valence-electron chi connectivity index (χ1n) is 7.38. The van der Waals surface area contributed by atoms with Crippen LogP contribution in [0.4, 0.5) is 4.79 Å². The summed E-state index contributed by atoms with van der Waals surface area (Å²) < 4.78 is 10.1. The number of hydrogen-bond donors (Lipinski definition) is 2. The van der Waals surface area contributed by atoms with E-state index in [4.69, 9.17) is 32.7 Å². The molecule has 7 nitrogen and oxygen atoms in total. The predicted octanol–water partition coefficient (Wildman–Crippen LogP) is 2.93. The Balaban J connectivity index is 2.45. The average Bonchev–Trinajstić information content (AvgIpc) is 2.44. The van der Waals surface area contributed by atoms with Gasteiger partial charge in [0.25, 0.3) is 5.91 Å². The van der Waals surface area contributed by atoms with E-state index in [1.54, 1.807) is 26.8 Å². The van der Waals surface area contributed by atoms with E-state index in [1.807, 2.05) is 0 Å². The van der Waals surface area contributed by atoms with Gasteiger partial charge in [0.15, 0.2) is 12.7 Å². The number of halogens is 2. The molecule has 0 heterocycles. The van der Waals surface area contributed by atoms with Crippen molar-refractivity contribution in [2.75, 3.05) is 6.61 Å². The summed E-state index contributed by atoms with van der Waals surface area (Å²) in [6.07, 6.45) is -1.16. The lowest BCUT2D eigenvalue weighted by atomic mass is 10.1. The van der Waals surface area contributed by atoms with Gasteiger partial charge in [-0.05, 0) is 45.9 Å². The van der Waals surface area contributed by atoms with Gasteiger partial charge < -0.3 is 14.8 Å². The van der Waals surface area contributed by atoms with E-state index in [9.17, 15) is 14.4 Å². The number of urea groups is 1. The van der Waals surface area contributed by atoms with Gasteiger partial charge in [-0.3, -0.25) is 10.1 Å². The summed E-state index contributed by atoms with van der Waals surface area (Å²) in [5, 5.41) is 5.31. The Hall–Kier alpha value is -1.99. The monoisotopic (exact) mass is 390 g/mol. The number of rotatable bonds is 5. The van der Waals surface area contributed by atoms with Gasteiger partial charge in [0.2, 0.25) is 0 Å². The van der Waals surface area contributed by atoms with Crippen LogP contribution in [0.1, 0.15) is 27.7 Å². The number of amides is 3. The van der Waals surface area contributed by atoms with Gasteiger partial charge in [-0.25, -0.2) is 9.59 Å². The number of imide groups is 1. The number of benzene rings is 1. The molecule has 0 aliphatic heterocycles. The first-order chi connectivity index (χ1) is 11.5. The zero-order chi connectivity index (χ0) is 19.2. The van der Waals surface area contributed by atoms with Crippen molar-refractivity contribution in [3.63, 3.8) is 0 Å². The van der Waals surface area contributed by atoms with E-state index < -0.39 is 36.2 Å². The number of ether oxygens (including phenoxy) is 2. The molecular weight excluding hydrogens is 371 g/mol. The molecule has 0 aliphatic carbocycles. The molecule has 138 valence electrons. The highest BCUT2D eigenvalue weighted by Gasteiger charge is 2.22. The van der Waals surface area contributed by atoms with E-state index in [2.05, 4.69) is 10.6 Å². The van der Waals surface area contributed by atoms with Gasteiger partial charge in [-0.2, -0.15) is 0 Å². The Kier molecular flexibility index (Phi) is 7.51. The molecule has 1 unspecified atom stereocenters. The van der Waals surface area contributed by atoms with Crippen molar-refractivity contribution in [2.24, 2.45) is 0 Å². The Morgan fingerprint density at radius 1 is 1.20 bits per heavy atom. The maximum atomic E-state index is 11.8. The molecule has 0 fully saturated rings. The van der Waals surface area contributed by atoms with Crippen LogP contribution in [0.15, 0.2) is 18.2 Å². The minimum Gasteiger partial charge on any atom is -0.480 e. The van der Waals surface area contributed by atoms with Gasteiger partial charge in [0.05, 0.1) is 5.02 Å². The maximum absolute atomic E-state index is 11.8. The number of nitrogens with one attached hydrogen (secondary N) is 2. The van der Waals surface area contributed by atoms with Crippen molar-refractivity contribution in [1.82, 2.24) is 10.6 Å². The summed E-state index contributed by atoms with van der Waals surface area (Å²) in [4.78, 5) is 35.1. The molecule has 1 aromatic carbocycles. The Morgan fingerprint density at radius 2 is 1.84 bits per heavy atom. The van der Waals surface area contributed by atoms with Crippen LogP contribution in [0.25, 0.3) is 0 Å². The number of hydrogen-bond acceptors (Lipinski definition) is 5. The number of esters is 1. The van der Waals surface area contributed by atoms with Gasteiger partial charge >= 0.3 is 12.0 Å². The predicted molar refractivity (Wildman–Crippen MR) is 93.9 cm³/mol. The fourth-order valence-corrected chi connectivity index (χ4v) is 2.06. The summed E-state index contributed by atoms with van der Waals surface area (Å²) in [6.45, 7) is 6.18. The smallest absolute Gasteiger partial charge is 0.344 e. The highest BCUT2D eigenvalue weighted by molar-refractivity contribution is 6.35. The molecule has 9 heteroatoms. The van der Waals surface area contributed by atoms with Gasteiger partial charge in [-0.1, -0.05) is 23.2 Å². The molecule has 25 heavy (non-hydrogen) atoms. The topological polar surface area (TPSA) is 93.7 Å². The molecule has 0 spiro atoms. The van der Waals surface area contributed by atoms with Gasteiger partial charge in [-0.15, -0.1) is 0 Å². The molecule has 0 bridgehead atoms. The molecule has 2 N–H and O–H groups in total. The zero-order valence-electron chi connectivity index (χ0n) is 14.3. The van der Waals surface area contributed by atoms with E-state index >= 15 is 0 Å². The molecule has 3 amide bonds. The van der Waals surface area contributed by atoms with Crippen molar-refractivity contribution in [2.45, 2.75) is 39.3 Å². The second-order valence-corrected chi connectivity index (χ2v) is 7.03. The van der Waals surface area contributed by atoms with E-state index in [0.29, 0.717) is 5.02 Å². The van der Waals surface area contributed by atoms with Crippen LogP contribution in [-0.2, 0) is 14.3 Å². The molecule has 0 saturated carbocycles. The number of carbonyl (C=O) groups is 3. The van der Waals surface area contributed by atoms with Gasteiger partial charge in [0.1, 0.15) is 5.75 Å². The van der Waals surface area contributed by atoms with E-state index in [-0.39, 0.29) is 10.8 Å². The standard InChI is InChI=1S/C16H20Cl2N2O5/c1-9(14(22)19-15(23)20-16(2,3)4)25-13(21)8-24-12-6-5-10(17)7-11(12)18/h5-7,9H,8H2,1-4H3,(H2,19,20,22,23). The molecule has 1 aromatic rings. The van der Waals surface area contributed by atoms with Crippen LogP contribution < -0.4 is 15.4 Å². The molecule has 1 atom stereocenters. The van der Waals surface area contributed by atoms with Crippen LogP contribution in [-0.4, -0.2) is 36.2 Å². The van der Waals surface area contributed by atoms with Crippen LogP contribution in [0.2, 0.25) is 10.0 Å². The summed E-state index contributed by atoms with van der Waals surface area (Å²) >= 11 is 11.7. The highest BCUT2D eigenvalue weighted by Crippen LogP contribution is 2.27. The van der Waals surface area contributed by atoms with Crippen LogP contribution >= 0.6 is 23.2 Å². The molecule has 0 radical (unpaired) electrons. The molecule has 1 rings (SSSR count). The third kappa shape index (κ3) is 8.09. The average molecular weight is 391 g/mol. The third-order valence-electron chi connectivity index (χ3n) is 2.64. The summed E-state index contributed by atoms with van der Waals surface area (Å²) in [5.74, 6) is -1.28. The minimum absolute atomic E-state index is 0.241. The van der Waals surface area contributed by atoms with Crippen LogP contribution in [0.3, 0.4) is 0 Å². The SMILES string of the molecule is CC(OC(=O)COc1ccc(Cl)cc1Cl)C(=O)NC(=O)NC(C)(C)C. The van der Waals surface area contributed by atoms with Crippen molar-refractivity contribution >= 4 is 41.1 Å². The molecule has 0 aliphatic rings. The lowest BCUT2D eigenvalue weighted by molar-refractivity contribution is -0.156. The lowest BCUT2D eigenvalue weighted by Crippen LogP contribution is -2.50. The second kappa shape index (κ2) is 8.92. The maximum Gasteiger partial charge on any atom is 0.344 e.